The minimum absolute atomic E-state index is 0.0462. The predicted molar refractivity (Wildman–Crippen MR) is 73.9 cm³/mol. The molecule has 0 bridgehead atoms. The van der Waals surface area contributed by atoms with E-state index in [4.69, 9.17) is 4.74 Å². The number of aliphatic hydroxyl groups is 1. The van der Waals surface area contributed by atoms with Gasteiger partial charge in [-0.15, -0.1) is 0 Å². The first-order valence-electron chi connectivity index (χ1n) is 6.17. The highest BCUT2D eigenvalue weighted by Crippen LogP contribution is 2.24. The van der Waals surface area contributed by atoms with Crippen LogP contribution in [0.3, 0.4) is 0 Å². The van der Waals surface area contributed by atoms with Crippen molar-refractivity contribution in [3.8, 4) is 0 Å². The molecule has 0 fully saturated rings. The third-order valence-electron chi connectivity index (χ3n) is 3.28. The fourth-order valence-electron chi connectivity index (χ4n) is 1.96. The van der Waals surface area contributed by atoms with Crippen molar-refractivity contribution in [3.63, 3.8) is 0 Å². The van der Waals surface area contributed by atoms with Crippen LogP contribution in [-0.2, 0) is 9.53 Å². The lowest BCUT2D eigenvalue weighted by atomic mass is 10.1. The summed E-state index contributed by atoms with van der Waals surface area (Å²) >= 11 is 0. The van der Waals surface area contributed by atoms with E-state index in [-0.39, 0.29) is 11.3 Å². The summed E-state index contributed by atoms with van der Waals surface area (Å²) in [6.07, 6.45) is -0.590. The molecule has 1 heterocycles. The summed E-state index contributed by atoms with van der Waals surface area (Å²) in [5.74, 6) is -0.565. The fraction of sp³-hybridized carbons (Fsp3) is 0.333. The number of carbonyl (C=O) groups is 1. The maximum atomic E-state index is 11.6. The van der Waals surface area contributed by atoms with Crippen molar-refractivity contribution >= 4 is 17.4 Å². The number of aliphatic hydroxyl groups excluding tert-OH is 1. The molecule has 19 heavy (non-hydrogen) atoms. The molecule has 1 aliphatic rings. The third kappa shape index (κ3) is 2.52. The number of ether oxygens (including phenoxy) is 1. The molecular weight excluding hydrogens is 242 g/mol. The van der Waals surface area contributed by atoms with Crippen molar-refractivity contribution < 1.29 is 14.6 Å². The Labute approximate surface area is 112 Å². The van der Waals surface area contributed by atoms with Crippen molar-refractivity contribution in [3.05, 3.63) is 40.7 Å². The Bertz CT molecular complexity index is 599. The number of aryl methyl sites for hydroxylation is 2. The maximum Gasteiger partial charge on any atom is 0.344 e. The second kappa shape index (κ2) is 4.88. The Morgan fingerprint density at radius 2 is 2.00 bits per heavy atom. The van der Waals surface area contributed by atoms with Crippen LogP contribution in [0.15, 0.2) is 34.5 Å². The minimum atomic E-state index is -0.590. The molecule has 0 aliphatic carbocycles. The zero-order valence-corrected chi connectivity index (χ0v) is 11.5. The number of esters is 1. The lowest BCUT2D eigenvalue weighted by Gasteiger charge is -2.03. The van der Waals surface area contributed by atoms with Gasteiger partial charge in [0.2, 0.25) is 0 Å². The number of hydrogen-bond donors (Lipinski definition) is 1. The second-order valence-corrected chi connectivity index (χ2v) is 4.77. The van der Waals surface area contributed by atoms with E-state index in [9.17, 15) is 9.90 Å². The molecule has 4 heteroatoms. The fourth-order valence-corrected chi connectivity index (χ4v) is 1.96. The lowest BCUT2D eigenvalue weighted by Crippen LogP contribution is -2.08. The van der Waals surface area contributed by atoms with Gasteiger partial charge in [0.15, 0.2) is 6.10 Å². The molecule has 4 nitrogen and oxygen atoms in total. The molecule has 0 spiro atoms. The zero-order valence-electron chi connectivity index (χ0n) is 11.5. The van der Waals surface area contributed by atoms with Gasteiger partial charge >= 0.3 is 5.97 Å². The van der Waals surface area contributed by atoms with Gasteiger partial charge in [0.25, 0.3) is 0 Å². The predicted octanol–water partition coefficient (Wildman–Crippen LogP) is 3.15. The van der Waals surface area contributed by atoms with E-state index in [0.717, 1.165) is 11.3 Å². The topological polar surface area (TPSA) is 58.9 Å². The number of benzene rings is 1. The second-order valence-electron chi connectivity index (χ2n) is 4.77. The lowest BCUT2D eigenvalue weighted by molar-refractivity contribution is -0.139. The van der Waals surface area contributed by atoms with E-state index in [1.54, 1.807) is 13.8 Å². The zero-order chi connectivity index (χ0) is 14.2. The highest BCUT2D eigenvalue weighted by atomic mass is 16.6. The molecule has 1 N–H and O–H groups in total. The van der Waals surface area contributed by atoms with Gasteiger partial charge in [0.1, 0.15) is 11.3 Å². The van der Waals surface area contributed by atoms with E-state index in [1.165, 1.54) is 5.56 Å². The summed E-state index contributed by atoms with van der Waals surface area (Å²) in [6, 6.07) is 5.80. The van der Waals surface area contributed by atoms with Crippen LogP contribution in [0.5, 0.6) is 0 Å². The molecule has 1 aromatic rings. The summed E-state index contributed by atoms with van der Waals surface area (Å²) in [5.41, 5.74) is 3.72. The Morgan fingerprint density at radius 1 is 1.32 bits per heavy atom. The molecule has 0 unspecified atom stereocenters. The molecule has 0 saturated heterocycles. The smallest absolute Gasteiger partial charge is 0.344 e. The number of nitrogens with zero attached hydrogens (tertiary/aromatic N) is 1. The van der Waals surface area contributed by atoms with E-state index < -0.39 is 12.1 Å². The Balaban J connectivity index is 2.38. The first-order chi connectivity index (χ1) is 8.90. The molecular formula is C15H17NO3. The normalized spacial score (nSPS) is 19.9. The van der Waals surface area contributed by atoms with Gasteiger partial charge in [-0.25, -0.2) is 4.79 Å². The minimum Gasteiger partial charge on any atom is -0.507 e. The molecule has 2 rings (SSSR count). The first kappa shape index (κ1) is 13.3. The van der Waals surface area contributed by atoms with Crippen molar-refractivity contribution in [1.29, 1.82) is 0 Å². The molecule has 1 aliphatic heterocycles. The average molecular weight is 259 g/mol. The summed E-state index contributed by atoms with van der Waals surface area (Å²) in [4.78, 5) is 16.0. The average Bonchev–Trinajstić information content (AvgIpc) is 2.58. The Kier molecular flexibility index (Phi) is 3.42. The van der Waals surface area contributed by atoms with Crippen LogP contribution in [0.25, 0.3) is 0 Å². The number of carbonyl (C=O) groups excluding carboxylic acids is 1. The van der Waals surface area contributed by atoms with Crippen molar-refractivity contribution in [2.75, 3.05) is 0 Å². The van der Waals surface area contributed by atoms with Crippen LogP contribution in [0, 0.1) is 13.8 Å². The van der Waals surface area contributed by atoms with Gasteiger partial charge in [-0.05, 0) is 51.0 Å². The van der Waals surface area contributed by atoms with E-state index in [0.29, 0.717) is 5.71 Å². The molecule has 100 valence electrons. The van der Waals surface area contributed by atoms with Gasteiger partial charge in [0.05, 0.1) is 11.4 Å². The summed E-state index contributed by atoms with van der Waals surface area (Å²) in [6.45, 7) is 7.36. The summed E-state index contributed by atoms with van der Waals surface area (Å²) in [5, 5.41) is 9.83. The third-order valence-corrected chi connectivity index (χ3v) is 3.28. The van der Waals surface area contributed by atoms with Crippen molar-refractivity contribution in [2.45, 2.75) is 33.8 Å². The highest BCUT2D eigenvalue weighted by Gasteiger charge is 2.32. The maximum absolute atomic E-state index is 11.6. The van der Waals surface area contributed by atoms with Crippen LogP contribution >= 0.6 is 0 Å². The Hall–Kier alpha value is -2.10. The quantitative estimate of drug-likeness (QED) is 0.655. The number of cyclic esters (lactones) is 1. The highest BCUT2D eigenvalue weighted by molar-refractivity contribution is 6.21. The van der Waals surface area contributed by atoms with Crippen molar-refractivity contribution in [2.24, 2.45) is 4.99 Å². The van der Waals surface area contributed by atoms with E-state index in [1.807, 2.05) is 32.0 Å². The van der Waals surface area contributed by atoms with E-state index >= 15 is 0 Å². The molecule has 0 amide bonds. The molecule has 1 aromatic carbocycles. The summed E-state index contributed by atoms with van der Waals surface area (Å²) < 4.78 is 4.94. The molecule has 0 aromatic heterocycles. The number of rotatable bonds is 2. The summed E-state index contributed by atoms with van der Waals surface area (Å²) in [7, 11) is 0. The van der Waals surface area contributed by atoms with Gasteiger partial charge in [-0.2, -0.15) is 0 Å². The first-order valence-corrected chi connectivity index (χ1v) is 6.17. The van der Waals surface area contributed by atoms with Crippen LogP contribution in [0.2, 0.25) is 0 Å². The van der Waals surface area contributed by atoms with Crippen LogP contribution in [0.1, 0.15) is 25.0 Å². The molecule has 0 saturated carbocycles. The van der Waals surface area contributed by atoms with Gasteiger partial charge in [0, 0.05) is 0 Å². The largest absolute Gasteiger partial charge is 0.507 e. The number of hydrogen-bond acceptors (Lipinski definition) is 4. The SMILES string of the molecule is CC(=Nc1ccc(C)c(C)c1)C1=C(O)[C@@H](C)OC1=O. The Morgan fingerprint density at radius 3 is 2.53 bits per heavy atom. The van der Waals surface area contributed by atoms with Gasteiger partial charge < -0.3 is 9.84 Å². The monoisotopic (exact) mass is 259 g/mol. The van der Waals surface area contributed by atoms with E-state index in [2.05, 4.69) is 4.99 Å². The number of aliphatic imine (C=N–C) groups is 1. The standard InChI is InChI=1S/C15H17NO3/c1-8-5-6-12(7-9(8)2)16-10(3)13-14(17)11(4)19-15(13)18/h5-7,11,17H,1-4H3/t11-/m1/s1. The van der Waals surface area contributed by atoms with Crippen LogP contribution in [0.4, 0.5) is 5.69 Å². The van der Waals surface area contributed by atoms with Crippen molar-refractivity contribution in [1.82, 2.24) is 0 Å². The van der Waals surface area contributed by atoms with Gasteiger partial charge in [-0.1, -0.05) is 6.07 Å². The van der Waals surface area contributed by atoms with Crippen LogP contribution in [-0.4, -0.2) is 22.9 Å². The van der Waals surface area contributed by atoms with Crippen LogP contribution < -0.4 is 0 Å². The van der Waals surface area contributed by atoms with Gasteiger partial charge in [-0.3, -0.25) is 4.99 Å². The molecule has 1 atom stereocenters. The molecule has 0 radical (unpaired) electrons.